The number of tetrazole rings is 1. The van der Waals surface area contributed by atoms with Crippen molar-refractivity contribution in [2.45, 2.75) is 20.3 Å². The van der Waals surface area contributed by atoms with Crippen LogP contribution in [-0.4, -0.2) is 43.8 Å². The van der Waals surface area contributed by atoms with Gasteiger partial charge in [0.05, 0.1) is 4.88 Å². The molecular weight excluding hydrogens is 386 g/mol. The van der Waals surface area contributed by atoms with Crippen molar-refractivity contribution in [3.05, 3.63) is 64.3 Å². The fourth-order valence-corrected chi connectivity index (χ4v) is 4.07. The molecule has 7 nitrogen and oxygen atoms in total. The van der Waals surface area contributed by atoms with Crippen LogP contribution in [0, 0.1) is 6.92 Å². The average molecular weight is 405 g/mol. The molecule has 0 aliphatic heterocycles. The number of rotatable bonds is 6. The Balaban J connectivity index is 1.43. The predicted molar refractivity (Wildman–Crippen MR) is 113 cm³/mol. The van der Waals surface area contributed by atoms with E-state index in [0.29, 0.717) is 29.1 Å². The molecule has 0 atom stereocenters. The zero-order chi connectivity index (χ0) is 20.4. The second kappa shape index (κ2) is 7.92. The molecule has 0 saturated heterocycles. The fourth-order valence-electron chi connectivity index (χ4n) is 3.06. The normalized spacial score (nSPS) is 14.1. The van der Waals surface area contributed by atoms with Crippen LogP contribution in [0.2, 0.25) is 0 Å². The van der Waals surface area contributed by atoms with Gasteiger partial charge in [-0.05, 0) is 24.6 Å². The van der Waals surface area contributed by atoms with Crippen molar-refractivity contribution >= 4 is 28.4 Å². The van der Waals surface area contributed by atoms with Gasteiger partial charge in [0.15, 0.2) is 5.78 Å². The number of aryl methyl sites for hydroxylation is 1. The first-order valence-electron chi connectivity index (χ1n) is 9.08. The van der Waals surface area contributed by atoms with E-state index in [2.05, 4.69) is 25.6 Å². The number of ketones is 1. The van der Waals surface area contributed by atoms with E-state index >= 15 is 0 Å². The summed E-state index contributed by atoms with van der Waals surface area (Å²) < 4.78 is 0. The molecule has 1 aliphatic rings. The number of aliphatic imine (C=N–C) groups is 1. The summed E-state index contributed by atoms with van der Waals surface area (Å²) in [5.41, 5.74) is 4.93. The number of hydrogen-bond donors (Lipinski definition) is 2. The summed E-state index contributed by atoms with van der Waals surface area (Å²) in [6, 6.07) is 8.00. The lowest BCUT2D eigenvalue weighted by Crippen LogP contribution is -2.08. The van der Waals surface area contributed by atoms with Crippen molar-refractivity contribution in [3.8, 4) is 16.2 Å². The third-order valence-corrected chi connectivity index (χ3v) is 5.80. The Hall–Kier alpha value is -3.39. The molecule has 0 fully saturated rings. The number of Topliss-reactive ketones (excluding diaryl/α,β-unsaturated/α-hetero) is 1. The van der Waals surface area contributed by atoms with Crippen molar-refractivity contribution in [1.82, 2.24) is 20.6 Å². The quantitative estimate of drug-likeness (QED) is 0.608. The topological polar surface area (TPSA) is 104 Å². The number of nitrogens with zero attached hydrogens (tertiary/aromatic N) is 4. The van der Waals surface area contributed by atoms with E-state index in [0.717, 1.165) is 16.0 Å². The van der Waals surface area contributed by atoms with Gasteiger partial charge in [0.25, 0.3) is 0 Å². The summed E-state index contributed by atoms with van der Waals surface area (Å²) in [4.78, 5) is 17.7. The largest absolute Gasteiger partial charge is 0.506 e. The molecule has 2 N–H and O–H groups in total. The van der Waals surface area contributed by atoms with E-state index in [4.69, 9.17) is 0 Å². The second-order valence-corrected chi connectivity index (χ2v) is 7.69. The molecular formula is C21H19N5O2S. The van der Waals surface area contributed by atoms with Gasteiger partial charge in [-0.2, -0.15) is 5.21 Å². The summed E-state index contributed by atoms with van der Waals surface area (Å²) in [7, 11) is 0. The number of carbonyl (C=O) groups excluding carboxylic acids is 1. The van der Waals surface area contributed by atoms with Gasteiger partial charge in [0.1, 0.15) is 12.3 Å². The number of benzene rings is 1. The summed E-state index contributed by atoms with van der Waals surface area (Å²) in [6.07, 6.45) is 4.07. The van der Waals surface area contributed by atoms with E-state index in [1.165, 1.54) is 16.9 Å². The highest BCUT2D eigenvalue weighted by molar-refractivity contribution is 7.14. The van der Waals surface area contributed by atoms with Crippen molar-refractivity contribution in [3.63, 3.8) is 0 Å². The Morgan fingerprint density at radius 3 is 2.79 bits per heavy atom. The van der Waals surface area contributed by atoms with Crippen molar-refractivity contribution < 1.29 is 9.90 Å². The van der Waals surface area contributed by atoms with Crippen molar-refractivity contribution in [1.29, 1.82) is 0 Å². The number of aromatic hydroxyl groups is 1. The molecule has 146 valence electrons. The van der Waals surface area contributed by atoms with Gasteiger partial charge < -0.3 is 5.11 Å². The van der Waals surface area contributed by atoms with Crippen molar-refractivity contribution in [2.75, 3.05) is 6.54 Å². The summed E-state index contributed by atoms with van der Waals surface area (Å²) >= 11 is 1.46. The van der Waals surface area contributed by atoms with Crippen LogP contribution >= 0.6 is 11.3 Å². The van der Waals surface area contributed by atoms with Crippen LogP contribution in [0.1, 0.15) is 30.3 Å². The molecule has 0 bridgehead atoms. The van der Waals surface area contributed by atoms with Gasteiger partial charge >= 0.3 is 0 Å². The maximum Gasteiger partial charge on any atom is 0.200 e. The van der Waals surface area contributed by atoms with Gasteiger partial charge in [-0.25, -0.2) is 0 Å². The zero-order valence-corrected chi connectivity index (χ0v) is 16.8. The van der Waals surface area contributed by atoms with Crippen LogP contribution < -0.4 is 0 Å². The molecule has 1 aromatic carbocycles. The first-order valence-corrected chi connectivity index (χ1v) is 9.96. The number of thiophene rings is 1. The molecule has 1 aliphatic carbocycles. The molecule has 0 spiro atoms. The molecule has 0 saturated carbocycles. The van der Waals surface area contributed by atoms with E-state index in [9.17, 15) is 9.90 Å². The van der Waals surface area contributed by atoms with E-state index in [-0.39, 0.29) is 18.1 Å². The number of hydrogen-bond acceptors (Lipinski definition) is 7. The van der Waals surface area contributed by atoms with E-state index in [1.807, 2.05) is 42.6 Å². The molecule has 3 aromatic rings. The molecule has 2 heterocycles. The van der Waals surface area contributed by atoms with Crippen LogP contribution in [0.3, 0.4) is 0 Å². The van der Waals surface area contributed by atoms with E-state index in [1.54, 1.807) is 13.0 Å². The minimum atomic E-state index is -0.0624. The zero-order valence-electron chi connectivity index (χ0n) is 16.0. The molecule has 29 heavy (non-hydrogen) atoms. The number of aromatic nitrogens is 4. The Morgan fingerprint density at radius 1 is 1.28 bits per heavy atom. The predicted octanol–water partition coefficient (Wildman–Crippen LogP) is 3.73. The van der Waals surface area contributed by atoms with Gasteiger partial charge in [0.2, 0.25) is 5.82 Å². The second-order valence-electron chi connectivity index (χ2n) is 6.81. The Bertz CT molecular complexity index is 1140. The van der Waals surface area contributed by atoms with Gasteiger partial charge in [0, 0.05) is 34.2 Å². The molecule has 4 rings (SSSR count). The number of allylic oxidation sites excluding steroid dienone is 3. The number of carbonyl (C=O) groups is 1. The number of aromatic amines is 1. The monoisotopic (exact) mass is 405 g/mol. The first-order chi connectivity index (χ1) is 14.0. The lowest BCUT2D eigenvalue weighted by molar-refractivity contribution is -0.114. The standard InChI is InChI=1S/C21H19N5O2S/c1-12-3-5-14(6-4-12)20-19(28)17(11-29-20)13(2)22-10-18(27)15-7-8-16(9-15)21-23-25-26-24-21/h3-8,11,28H,9-10H2,1-2H3,(H,23,24,25,26). The fraction of sp³-hybridized carbons (Fsp3) is 0.190. The summed E-state index contributed by atoms with van der Waals surface area (Å²) in [6.45, 7) is 3.86. The van der Waals surface area contributed by atoms with Crippen LogP contribution in [-0.2, 0) is 4.79 Å². The minimum absolute atomic E-state index is 0.0280. The highest BCUT2D eigenvalue weighted by Gasteiger charge is 2.19. The van der Waals surface area contributed by atoms with Gasteiger partial charge in [-0.15, -0.1) is 21.5 Å². The summed E-state index contributed by atoms with van der Waals surface area (Å²) in [5, 5.41) is 26.3. The molecule has 8 heteroatoms. The molecule has 0 amide bonds. The Morgan fingerprint density at radius 2 is 2.07 bits per heavy atom. The Kier molecular flexibility index (Phi) is 5.18. The highest BCUT2D eigenvalue weighted by Crippen LogP contribution is 2.38. The van der Waals surface area contributed by atoms with Crippen LogP contribution in [0.5, 0.6) is 5.75 Å². The molecule has 0 radical (unpaired) electrons. The SMILES string of the molecule is CC(=NCC(=O)C1=CC=C(c2nn[nH]n2)C1)c1csc(-c2ccc(C)cc2)c1O. The summed E-state index contributed by atoms with van der Waals surface area (Å²) in [5.74, 6) is 0.636. The third-order valence-electron chi connectivity index (χ3n) is 4.79. The minimum Gasteiger partial charge on any atom is -0.506 e. The van der Waals surface area contributed by atoms with Crippen LogP contribution in [0.15, 0.2) is 52.4 Å². The molecule has 0 unspecified atom stereocenters. The van der Waals surface area contributed by atoms with Crippen LogP contribution in [0.4, 0.5) is 0 Å². The maximum absolute atomic E-state index is 12.5. The average Bonchev–Trinajstić information content (AvgIpc) is 3.47. The Labute approximate surface area is 171 Å². The van der Waals surface area contributed by atoms with Gasteiger partial charge in [-0.1, -0.05) is 42.0 Å². The van der Waals surface area contributed by atoms with Gasteiger partial charge in [-0.3, -0.25) is 9.79 Å². The lowest BCUT2D eigenvalue weighted by Gasteiger charge is -2.04. The molecule has 2 aromatic heterocycles. The van der Waals surface area contributed by atoms with E-state index < -0.39 is 0 Å². The van der Waals surface area contributed by atoms with Crippen LogP contribution in [0.25, 0.3) is 16.0 Å². The lowest BCUT2D eigenvalue weighted by atomic mass is 10.1. The highest BCUT2D eigenvalue weighted by atomic mass is 32.1. The number of nitrogens with one attached hydrogen (secondary N) is 1. The third kappa shape index (κ3) is 3.93. The first kappa shape index (κ1) is 18.9. The number of H-pyrrole nitrogens is 1. The van der Waals surface area contributed by atoms with Crippen molar-refractivity contribution in [2.24, 2.45) is 4.99 Å². The maximum atomic E-state index is 12.5. The smallest absolute Gasteiger partial charge is 0.200 e.